The first-order valence-electron chi connectivity index (χ1n) is 8.36. The summed E-state index contributed by atoms with van der Waals surface area (Å²) >= 11 is 0. The van der Waals surface area contributed by atoms with Crippen LogP contribution in [0.1, 0.15) is 5.56 Å². The highest BCUT2D eigenvalue weighted by Crippen LogP contribution is 2.39. The van der Waals surface area contributed by atoms with Crippen molar-refractivity contribution in [3.8, 4) is 0 Å². The topological polar surface area (TPSA) is 24.9 Å². The molecule has 130 valence electrons. The maximum Gasteiger partial charge on any atom is 0.0844 e. The van der Waals surface area contributed by atoms with E-state index in [1.807, 2.05) is 18.3 Å². The molecule has 4 heteroatoms. The normalized spacial score (nSPS) is 11.8. The van der Waals surface area contributed by atoms with Crippen LogP contribution in [0.2, 0.25) is 0 Å². The van der Waals surface area contributed by atoms with Gasteiger partial charge in [0, 0.05) is 21.9 Å². The number of para-hydroxylation sites is 1. The summed E-state index contributed by atoms with van der Waals surface area (Å²) in [4.78, 5) is 5.64. The Bertz CT molecular complexity index is 1240. The highest BCUT2D eigenvalue weighted by atomic mass is 32.2. The number of nitrogens with one attached hydrogen (secondary N) is 1. The van der Waals surface area contributed by atoms with Gasteiger partial charge in [-0.1, -0.05) is 54.2 Å². The van der Waals surface area contributed by atoms with Gasteiger partial charge in [-0.05, 0) is 41.4 Å². The SMILES string of the molecule is C=S(=C)(Nc1cc(C)c(P)c2ccccc12)c1cccc2cccnc12. The van der Waals surface area contributed by atoms with Crippen molar-refractivity contribution in [2.75, 3.05) is 4.72 Å². The molecule has 4 rings (SSSR count). The lowest BCUT2D eigenvalue weighted by Crippen LogP contribution is -2.04. The quantitative estimate of drug-likeness (QED) is 0.390. The molecule has 4 aromatic rings. The summed E-state index contributed by atoms with van der Waals surface area (Å²) in [6, 6.07) is 20.8. The third kappa shape index (κ3) is 2.88. The van der Waals surface area contributed by atoms with Crippen LogP contribution in [0, 0.1) is 6.92 Å². The third-order valence-electron chi connectivity index (χ3n) is 4.62. The highest BCUT2D eigenvalue weighted by molar-refractivity contribution is 8.29. The van der Waals surface area contributed by atoms with Crippen molar-refractivity contribution in [1.82, 2.24) is 4.98 Å². The summed E-state index contributed by atoms with van der Waals surface area (Å²) in [7, 11) is 1.07. The molecule has 1 unspecified atom stereocenters. The van der Waals surface area contributed by atoms with Gasteiger partial charge in [-0.3, -0.25) is 4.98 Å². The first-order valence-corrected chi connectivity index (χ1v) is 10.9. The minimum absolute atomic E-state index is 0.964. The van der Waals surface area contributed by atoms with Crippen molar-refractivity contribution < 1.29 is 0 Å². The maximum atomic E-state index is 4.58. The lowest BCUT2D eigenvalue weighted by atomic mass is 10.1. The molecule has 0 aliphatic rings. The van der Waals surface area contributed by atoms with Gasteiger partial charge >= 0.3 is 0 Å². The molecule has 26 heavy (non-hydrogen) atoms. The largest absolute Gasteiger partial charge is 0.337 e. The van der Waals surface area contributed by atoms with Gasteiger partial charge in [0.15, 0.2) is 0 Å². The molecule has 0 fully saturated rings. The fourth-order valence-corrected chi connectivity index (χ4v) is 5.19. The molecule has 0 aliphatic carbocycles. The second-order valence-corrected chi connectivity index (χ2v) is 9.51. The summed E-state index contributed by atoms with van der Waals surface area (Å²) in [6.45, 7) is 2.13. The Morgan fingerprint density at radius 3 is 2.50 bits per heavy atom. The number of aryl methyl sites for hydroxylation is 1. The van der Waals surface area contributed by atoms with E-state index in [1.165, 1.54) is 21.6 Å². The molecule has 0 spiro atoms. The highest BCUT2D eigenvalue weighted by Gasteiger charge is 2.11. The van der Waals surface area contributed by atoms with Gasteiger partial charge in [-0.2, -0.15) is 0 Å². The summed E-state index contributed by atoms with van der Waals surface area (Å²) in [5, 5.41) is 4.75. The van der Waals surface area contributed by atoms with E-state index in [2.05, 4.69) is 86.1 Å². The number of hydrogen-bond donors (Lipinski definition) is 1. The average molecular weight is 376 g/mol. The lowest BCUT2D eigenvalue weighted by molar-refractivity contribution is 1.35. The maximum absolute atomic E-state index is 4.58. The molecule has 1 atom stereocenters. The fourth-order valence-electron chi connectivity index (χ4n) is 3.28. The van der Waals surface area contributed by atoms with Crippen LogP contribution >= 0.6 is 18.6 Å². The molecule has 0 saturated heterocycles. The zero-order valence-corrected chi connectivity index (χ0v) is 16.7. The van der Waals surface area contributed by atoms with Crippen LogP contribution in [0.5, 0.6) is 0 Å². The second kappa shape index (κ2) is 6.42. The number of benzene rings is 3. The Balaban J connectivity index is 1.89. The molecule has 0 saturated carbocycles. The Morgan fingerprint density at radius 1 is 0.962 bits per heavy atom. The van der Waals surface area contributed by atoms with Gasteiger partial charge in [-0.25, -0.2) is 0 Å². The summed E-state index contributed by atoms with van der Waals surface area (Å²) in [6.07, 6.45) is 1.82. The Labute approximate surface area is 157 Å². The Hall–Kier alpha value is -2.35. The van der Waals surface area contributed by atoms with Crippen molar-refractivity contribution >= 4 is 63.0 Å². The van der Waals surface area contributed by atoms with Gasteiger partial charge in [-0.15, -0.1) is 18.6 Å². The molecule has 2 nitrogen and oxygen atoms in total. The molecule has 1 aromatic heterocycles. The number of nitrogens with zero attached hydrogens (tertiary/aromatic N) is 1. The Morgan fingerprint density at radius 2 is 1.69 bits per heavy atom. The van der Waals surface area contributed by atoms with E-state index in [1.54, 1.807) is 0 Å². The number of pyridine rings is 1. The number of anilines is 1. The van der Waals surface area contributed by atoms with Crippen LogP contribution in [0.3, 0.4) is 0 Å². The molecule has 0 bridgehead atoms. The lowest BCUT2D eigenvalue weighted by Gasteiger charge is -2.22. The smallest absolute Gasteiger partial charge is 0.0844 e. The van der Waals surface area contributed by atoms with E-state index in [9.17, 15) is 0 Å². The van der Waals surface area contributed by atoms with E-state index >= 15 is 0 Å². The van der Waals surface area contributed by atoms with Crippen molar-refractivity contribution in [1.29, 1.82) is 0 Å². The number of aromatic nitrogens is 1. The van der Waals surface area contributed by atoms with E-state index in [0.29, 0.717) is 0 Å². The van der Waals surface area contributed by atoms with Crippen LogP contribution in [0.15, 0.2) is 71.8 Å². The predicted octanol–water partition coefficient (Wildman–Crippen LogP) is 5.25. The summed E-state index contributed by atoms with van der Waals surface area (Å²) in [5.74, 6) is 8.92. The molecular formula is C22H21N2PS. The fraction of sp³-hybridized carbons (Fsp3) is 0.0455. The zero-order valence-electron chi connectivity index (χ0n) is 14.7. The van der Waals surface area contributed by atoms with E-state index in [0.717, 1.165) is 21.5 Å². The standard InChI is InChI=1S/C22H21N2PS/c1-15-14-19(17-10-4-5-11-18(17)22(15)25)24-26(2,3)20-12-6-8-16-9-7-13-23-21(16)20/h4-14,24H,2-3,25H2,1H3. The van der Waals surface area contributed by atoms with Crippen molar-refractivity contribution in [2.24, 2.45) is 0 Å². The van der Waals surface area contributed by atoms with Crippen LogP contribution in [-0.4, -0.2) is 16.7 Å². The number of hydrogen-bond acceptors (Lipinski definition) is 2. The van der Waals surface area contributed by atoms with Crippen LogP contribution in [-0.2, 0) is 0 Å². The Kier molecular flexibility index (Phi) is 4.22. The van der Waals surface area contributed by atoms with E-state index < -0.39 is 9.39 Å². The second-order valence-electron chi connectivity index (χ2n) is 6.52. The van der Waals surface area contributed by atoms with Gasteiger partial charge in [0.1, 0.15) is 0 Å². The van der Waals surface area contributed by atoms with E-state index in [-0.39, 0.29) is 0 Å². The minimum Gasteiger partial charge on any atom is -0.337 e. The predicted molar refractivity (Wildman–Crippen MR) is 123 cm³/mol. The third-order valence-corrected chi connectivity index (χ3v) is 7.16. The van der Waals surface area contributed by atoms with Crippen molar-refractivity contribution in [3.05, 3.63) is 72.4 Å². The average Bonchev–Trinajstić information content (AvgIpc) is 2.65. The summed E-state index contributed by atoms with van der Waals surface area (Å²) in [5.41, 5.74) is 3.26. The number of fused-ring (bicyclic) bond motifs is 2. The number of rotatable bonds is 3. The van der Waals surface area contributed by atoms with Gasteiger partial charge in [0.25, 0.3) is 0 Å². The molecule has 1 N–H and O–H groups in total. The minimum atomic E-state index is -1.78. The van der Waals surface area contributed by atoms with Crippen molar-refractivity contribution in [2.45, 2.75) is 11.8 Å². The monoisotopic (exact) mass is 376 g/mol. The molecule has 3 aromatic carbocycles. The summed E-state index contributed by atoms with van der Waals surface area (Å²) < 4.78 is 3.65. The molecule has 0 amide bonds. The molecule has 1 heterocycles. The molecule has 0 radical (unpaired) electrons. The van der Waals surface area contributed by atoms with Crippen LogP contribution in [0.25, 0.3) is 21.7 Å². The molecular weight excluding hydrogens is 355 g/mol. The van der Waals surface area contributed by atoms with Crippen LogP contribution < -0.4 is 10.0 Å². The van der Waals surface area contributed by atoms with Gasteiger partial charge < -0.3 is 4.72 Å². The zero-order chi connectivity index (χ0) is 18.3. The first-order chi connectivity index (χ1) is 12.5. The first kappa shape index (κ1) is 17.1. The van der Waals surface area contributed by atoms with Gasteiger partial charge in [0.05, 0.1) is 11.2 Å². The van der Waals surface area contributed by atoms with Gasteiger partial charge in [0.2, 0.25) is 0 Å². The van der Waals surface area contributed by atoms with E-state index in [4.69, 9.17) is 0 Å². The van der Waals surface area contributed by atoms with Crippen molar-refractivity contribution in [3.63, 3.8) is 0 Å². The molecule has 0 aliphatic heterocycles. The van der Waals surface area contributed by atoms with Crippen LogP contribution in [0.4, 0.5) is 5.69 Å².